The van der Waals surface area contributed by atoms with Gasteiger partial charge in [0.2, 0.25) is 5.91 Å². The number of hydrogen-bond acceptors (Lipinski definition) is 3. The second-order valence-corrected chi connectivity index (χ2v) is 6.90. The first-order chi connectivity index (χ1) is 15.2. The Morgan fingerprint density at radius 2 is 1.26 bits per heavy atom. The van der Waals surface area contributed by atoms with Gasteiger partial charge >= 0.3 is 6.03 Å². The molecule has 0 radical (unpaired) electrons. The summed E-state index contributed by atoms with van der Waals surface area (Å²) in [5.74, 6) is -0.191. The van der Waals surface area contributed by atoms with Gasteiger partial charge in [-0.3, -0.25) is 4.79 Å². The summed E-state index contributed by atoms with van der Waals surface area (Å²) < 4.78 is 5.33. The Balaban J connectivity index is 3.43. The zero-order valence-electron chi connectivity index (χ0n) is 19.1. The molecule has 0 bridgehead atoms. The first-order valence-corrected chi connectivity index (χ1v) is 11.3. The van der Waals surface area contributed by atoms with E-state index in [1.807, 2.05) is 0 Å². The summed E-state index contributed by atoms with van der Waals surface area (Å²) in [4.78, 5) is 21.9. The number of nitrogens with two attached hydrogens (primary N) is 1. The molecule has 0 aliphatic heterocycles. The molecular weight excluding hydrogens is 390 g/mol. The summed E-state index contributed by atoms with van der Waals surface area (Å²) >= 11 is 0. The fourth-order valence-corrected chi connectivity index (χ4v) is 2.44. The molecule has 0 heterocycles. The van der Waals surface area contributed by atoms with Crippen LogP contribution in [0.4, 0.5) is 4.79 Å². The minimum Gasteiger partial charge on any atom is -0.372 e. The van der Waals surface area contributed by atoms with Crippen LogP contribution in [0.25, 0.3) is 0 Å². The van der Waals surface area contributed by atoms with Gasteiger partial charge in [-0.25, -0.2) is 4.79 Å². The van der Waals surface area contributed by atoms with E-state index in [0.717, 1.165) is 51.4 Å². The van der Waals surface area contributed by atoms with E-state index in [0.29, 0.717) is 19.7 Å². The van der Waals surface area contributed by atoms with E-state index in [2.05, 4.69) is 78.3 Å². The minimum absolute atomic E-state index is 0.0399. The Labute approximate surface area is 188 Å². The third-order valence-corrected chi connectivity index (χ3v) is 4.05. The highest BCUT2D eigenvalue weighted by Crippen LogP contribution is 1.99. The maximum absolute atomic E-state index is 11.5. The number of unbranched alkanes of at least 4 members (excludes halogenated alkanes) is 2. The van der Waals surface area contributed by atoms with Crippen molar-refractivity contribution in [3.8, 4) is 0 Å². The average molecular weight is 432 g/mol. The van der Waals surface area contributed by atoms with Gasteiger partial charge in [0.1, 0.15) is 6.61 Å². The maximum atomic E-state index is 11.5. The van der Waals surface area contributed by atoms with Crippen LogP contribution in [0, 0.1) is 0 Å². The number of amides is 3. The lowest BCUT2D eigenvalue weighted by Gasteiger charge is -2.06. The first kappa shape index (κ1) is 28.4. The number of carbonyl (C=O) groups is 2. The Morgan fingerprint density at radius 1 is 0.742 bits per heavy atom. The van der Waals surface area contributed by atoms with Gasteiger partial charge in [0, 0.05) is 19.7 Å². The van der Waals surface area contributed by atoms with Gasteiger partial charge < -0.3 is 21.1 Å². The van der Waals surface area contributed by atoms with Crippen LogP contribution in [0.3, 0.4) is 0 Å². The lowest BCUT2D eigenvalue weighted by atomic mass is 10.2. The van der Waals surface area contributed by atoms with Crippen molar-refractivity contribution in [2.75, 3.05) is 26.3 Å². The zero-order chi connectivity index (χ0) is 22.8. The number of urea groups is 1. The SMILES string of the molecule is CCC=CCC=CCC=CCC=CCC=CCCCCOCC(=O)NCCNC(N)=O. The summed E-state index contributed by atoms with van der Waals surface area (Å²) in [5.41, 5.74) is 4.92. The van der Waals surface area contributed by atoms with Crippen molar-refractivity contribution in [1.29, 1.82) is 0 Å². The van der Waals surface area contributed by atoms with E-state index in [4.69, 9.17) is 10.5 Å². The Morgan fingerprint density at radius 3 is 1.81 bits per heavy atom. The molecule has 0 spiro atoms. The van der Waals surface area contributed by atoms with Crippen molar-refractivity contribution in [3.05, 3.63) is 60.8 Å². The van der Waals surface area contributed by atoms with Gasteiger partial charge in [-0.2, -0.15) is 0 Å². The normalized spacial score (nSPS) is 12.2. The van der Waals surface area contributed by atoms with Crippen molar-refractivity contribution in [2.24, 2.45) is 5.73 Å². The summed E-state index contributed by atoms with van der Waals surface area (Å²) in [7, 11) is 0. The molecular formula is C25H41N3O3. The Kier molecular flexibility index (Phi) is 21.7. The third kappa shape index (κ3) is 25.4. The predicted molar refractivity (Wildman–Crippen MR) is 130 cm³/mol. The van der Waals surface area contributed by atoms with Crippen molar-refractivity contribution in [2.45, 2.75) is 58.3 Å². The Hall–Kier alpha value is -2.60. The van der Waals surface area contributed by atoms with Crippen molar-refractivity contribution in [3.63, 3.8) is 0 Å². The molecule has 0 aromatic carbocycles. The summed E-state index contributed by atoms with van der Waals surface area (Å²) in [6.45, 7) is 3.41. The monoisotopic (exact) mass is 431 g/mol. The molecule has 0 saturated carbocycles. The molecule has 0 aromatic heterocycles. The molecule has 174 valence electrons. The van der Waals surface area contributed by atoms with Crippen LogP contribution < -0.4 is 16.4 Å². The first-order valence-electron chi connectivity index (χ1n) is 11.3. The molecule has 4 N–H and O–H groups in total. The van der Waals surface area contributed by atoms with Gasteiger partial charge in [0.15, 0.2) is 0 Å². The third-order valence-electron chi connectivity index (χ3n) is 4.05. The second-order valence-electron chi connectivity index (χ2n) is 6.90. The van der Waals surface area contributed by atoms with Crippen molar-refractivity contribution < 1.29 is 14.3 Å². The zero-order valence-corrected chi connectivity index (χ0v) is 19.1. The van der Waals surface area contributed by atoms with Crippen molar-refractivity contribution in [1.82, 2.24) is 10.6 Å². The van der Waals surface area contributed by atoms with E-state index in [1.54, 1.807) is 0 Å². The second kappa shape index (κ2) is 23.7. The van der Waals surface area contributed by atoms with Gasteiger partial charge in [-0.1, -0.05) is 67.7 Å². The molecule has 0 aromatic rings. The molecule has 31 heavy (non-hydrogen) atoms. The number of ether oxygens (including phenoxy) is 1. The minimum atomic E-state index is -0.599. The molecule has 6 nitrogen and oxygen atoms in total. The van der Waals surface area contributed by atoms with Gasteiger partial charge in [-0.15, -0.1) is 0 Å². The molecule has 0 fully saturated rings. The van der Waals surface area contributed by atoms with Crippen LogP contribution in [-0.4, -0.2) is 38.2 Å². The molecule has 0 saturated heterocycles. The summed E-state index contributed by atoms with van der Waals surface area (Å²) in [5, 5.41) is 5.03. The quantitative estimate of drug-likeness (QED) is 0.204. The van der Waals surface area contributed by atoms with Gasteiger partial charge in [-0.05, 0) is 51.4 Å². The van der Waals surface area contributed by atoms with Gasteiger partial charge in [0.05, 0.1) is 0 Å². The molecule has 0 unspecified atom stereocenters. The molecule has 0 aliphatic carbocycles. The van der Waals surface area contributed by atoms with E-state index in [1.165, 1.54) is 0 Å². The van der Waals surface area contributed by atoms with E-state index in [9.17, 15) is 9.59 Å². The fourth-order valence-electron chi connectivity index (χ4n) is 2.44. The van der Waals surface area contributed by atoms with E-state index < -0.39 is 6.03 Å². The standard InChI is InChI=1S/C25H41N3O3/c1-2-3-4-5-6-7-8-9-10-11-12-13-14-15-16-17-18-19-22-31-23-24(29)27-20-21-28-25(26)30/h3-4,6-7,9-10,12-13,15-16H,2,5,8,11,14,17-23H2,1H3,(H,27,29)(H3,26,28,30). The van der Waals surface area contributed by atoms with Crippen molar-refractivity contribution >= 4 is 11.9 Å². The number of rotatable bonds is 19. The van der Waals surface area contributed by atoms with Crippen LogP contribution in [0.5, 0.6) is 0 Å². The summed E-state index contributed by atoms with van der Waals surface area (Å²) in [6.07, 6.45) is 30.0. The maximum Gasteiger partial charge on any atom is 0.312 e. The number of carbonyl (C=O) groups excluding carboxylic acids is 2. The number of nitrogens with one attached hydrogen (secondary N) is 2. The highest BCUT2D eigenvalue weighted by molar-refractivity contribution is 5.77. The smallest absolute Gasteiger partial charge is 0.312 e. The Bertz CT molecular complexity index is 593. The van der Waals surface area contributed by atoms with E-state index in [-0.39, 0.29) is 12.5 Å². The van der Waals surface area contributed by atoms with Crippen LogP contribution in [0.2, 0.25) is 0 Å². The molecule has 0 aliphatic rings. The summed E-state index contributed by atoms with van der Waals surface area (Å²) in [6, 6.07) is -0.599. The van der Waals surface area contributed by atoms with Crippen LogP contribution in [-0.2, 0) is 9.53 Å². The largest absolute Gasteiger partial charge is 0.372 e. The average Bonchev–Trinajstić information content (AvgIpc) is 2.75. The highest BCUT2D eigenvalue weighted by Gasteiger charge is 2.00. The fraction of sp³-hybridized carbons (Fsp3) is 0.520. The predicted octanol–water partition coefficient (Wildman–Crippen LogP) is 4.71. The highest BCUT2D eigenvalue weighted by atomic mass is 16.5. The van der Waals surface area contributed by atoms with Crippen LogP contribution in [0.15, 0.2) is 60.8 Å². The van der Waals surface area contributed by atoms with Crippen LogP contribution in [0.1, 0.15) is 58.3 Å². The van der Waals surface area contributed by atoms with Crippen LogP contribution >= 0.6 is 0 Å². The number of allylic oxidation sites excluding steroid dienone is 10. The number of primary amides is 1. The lowest BCUT2D eigenvalue weighted by molar-refractivity contribution is -0.125. The lowest BCUT2D eigenvalue weighted by Crippen LogP contribution is -2.38. The van der Waals surface area contributed by atoms with E-state index >= 15 is 0 Å². The number of hydrogen-bond donors (Lipinski definition) is 3. The molecule has 0 atom stereocenters. The molecule has 6 heteroatoms. The van der Waals surface area contributed by atoms with Gasteiger partial charge in [0.25, 0.3) is 0 Å². The molecule has 3 amide bonds. The molecule has 0 rings (SSSR count). The topological polar surface area (TPSA) is 93.4 Å².